The van der Waals surface area contributed by atoms with Crippen LogP contribution >= 0.6 is 11.5 Å². The second kappa shape index (κ2) is 9.24. The first-order chi connectivity index (χ1) is 12.8. The molecule has 2 rings (SSSR count). The molecule has 0 radical (unpaired) electrons. The highest BCUT2D eigenvalue weighted by Gasteiger charge is 2.22. The first-order valence-corrected chi connectivity index (χ1v) is 8.63. The van der Waals surface area contributed by atoms with E-state index in [4.69, 9.17) is 15.6 Å². The van der Waals surface area contributed by atoms with Gasteiger partial charge in [-0.1, -0.05) is 0 Å². The molecule has 0 bridgehead atoms. The minimum Gasteiger partial charge on any atom is -0.471 e. The number of primary amides is 1. The Morgan fingerprint density at radius 1 is 1.33 bits per heavy atom. The zero-order valence-corrected chi connectivity index (χ0v) is 15.2. The van der Waals surface area contributed by atoms with E-state index < -0.39 is 23.6 Å². The van der Waals surface area contributed by atoms with Gasteiger partial charge in [-0.2, -0.15) is 4.37 Å². The summed E-state index contributed by atoms with van der Waals surface area (Å²) in [5.41, 5.74) is 5.23. The van der Waals surface area contributed by atoms with Crippen LogP contribution in [-0.2, 0) is 6.61 Å². The Labute approximate surface area is 157 Å². The van der Waals surface area contributed by atoms with Crippen LogP contribution in [0.5, 0.6) is 5.88 Å². The minimum atomic E-state index is -0.903. The first-order valence-electron chi connectivity index (χ1n) is 7.86. The molecule has 0 atom stereocenters. The van der Waals surface area contributed by atoms with Gasteiger partial charge in [0, 0.05) is 18.7 Å². The normalized spacial score (nSPS) is 10.5. The molecule has 5 N–H and O–H groups in total. The van der Waals surface area contributed by atoms with Crippen LogP contribution in [0.4, 0.5) is 18.6 Å². The lowest BCUT2D eigenvalue weighted by molar-refractivity contribution is 0.0996. The summed E-state index contributed by atoms with van der Waals surface area (Å²) in [5, 5.41) is 13.6. The van der Waals surface area contributed by atoms with Crippen molar-refractivity contribution in [1.29, 1.82) is 0 Å². The van der Waals surface area contributed by atoms with Gasteiger partial charge in [0.2, 0.25) is 5.88 Å². The smallest absolute Gasteiger partial charge is 0.319 e. The molecule has 146 valence electrons. The maximum Gasteiger partial charge on any atom is 0.319 e. The molecule has 0 aliphatic carbocycles. The summed E-state index contributed by atoms with van der Waals surface area (Å²) in [4.78, 5) is 23.4. The summed E-state index contributed by atoms with van der Waals surface area (Å²) in [7, 11) is 0. The number of aromatic nitrogens is 1. The lowest BCUT2D eigenvalue weighted by Gasteiger charge is -2.08. The number of nitrogens with zero attached hydrogens (tertiary/aromatic N) is 1. The molecule has 0 saturated heterocycles. The molecule has 0 fully saturated rings. The Balaban J connectivity index is 2.11. The molecule has 8 nitrogen and oxygen atoms in total. The van der Waals surface area contributed by atoms with Crippen molar-refractivity contribution in [2.24, 2.45) is 5.73 Å². The lowest BCUT2D eigenvalue weighted by atomic mass is 10.1. The minimum absolute atomic E-state index is 0.0505. The highest BCUT2D eigenvalue weighted by molar-refractivity contribution is 7.11. The van der Waals surface area contributed by atoms with E-state index in [2.05, 4.69) is 15.0 Å². The first kappa shape index (κ1) is 20.5. The van der Waals surface area contributed by atoms with Gasteiger partial charge in [-0.25, -0.2) is 13.6 Å². The van der Waals surface area contributed by atoms with Crippen molar-refractivity contribution in [1.82, 2.24) is 9.69 Å². The molecular weight excluding hydrogens is 382 g/mol. The molecule has 1 heterocycles. The number of rotatable bonds is 8. The number of carbonyl (C=O) groups excluding carboxylic acids is 2. The van der Waals surface area contributed by atoms with E-state index in [1.807, 2.05) is 0 Å². The summed E-state index contributed by atoms with van der Waals surface area (Å²) >= 11 is 0.752. The molecule has 0 saturated carbocycles. The van der Waals surface area contributed by atoms with E-state index in [1.165, 1.54) is 6.92 Å². The molecule has 0 spiro atoms. The number of hydrogen-bond acceptors (Lipinski definition) is 6. The maximum atomic E-state index is 13.9. The third kappa shape index (κ3) is 5.34. The average molecular weight is 400 g/mol. The Bertz CT molecular complexity index is 844. The number of aryl methyl sites for hydroxylation is 1. The fourth-order valence-corrected chi connectivity index (χ4v) is 2.78. The van der Waals surface area contributed by atoms with Gasteiger partial charge in [0.05, 0.1) is 0 Å². The number of hydrogen-bond donors (Lipinski definition) is 4. The molecule has 0 aliphatic heterocycles. The number of nitrogens with two attached hydrogens (primary N) is 1. The largest absolute Gasteiger partial charge is 0.471 e. The number of halogens is 2. The third-order valence-corrected chi connectivity index (χ3v) is 4.19. The summed E-state index contributed by atoms with van der Waals surface area (Å²) in [6, 6.07) is 1.41. The zero-order chi connectivity index (χ0) is 20.0. The quantitative estimate of drug-likeness (QED) is 0.504. The second-order valence-corrected chi connectivity index (χ2v) is 6.27. The zero-order valence-electron chi connectivity index (χ0n) is 14.3. The molecule has 1 aromatic heterocycles. The van der Waals surface area contributed by atoms with Gasteiger partial charge in [0.25, 0.3) is 5.91 Å². The van der Waals surface area contributed by atoms with Crippen molar-refractivity contribution in [3.8, 4) is 5.88 Å². The summed E-state index contributed by atoms with van der Waals surface area (Å²) < 4.78 is 36.7. The molecule has 27 heavy (non-hydrogen) atoms. The van der Waals surface area contributed by atoms with Gasteiger partial charge in [0.15, 0.2) is 0 Å². The van der Waals surface area contributed by atoms with Crippen molar-refractivity contribution in [3.63, 3.8) is 0 Å². The Morgan fingerprint density at radius 3 is 2.74 bits per heavy atom. The summed E-state index contributed by atoms with van der Waals surface area (Å²) in [6.45, 7) is 1.20. The number of anilines is 1. The topological polar surface area (TPSA) is 127 Å². The standard InChI is InChI=1S/C16H18F2N4O4S/c1-8-5-11(18)9(6-10(8)17)7-26-14-12(13(19)24)15(27-22-14)21-16(25)20-3-2-4-23/h5-6,23H,2-4,7H2,1H3,(H2,19,24)(H2,20,21,25). The number of amides is 3. The van der Waals surface area contributed by atoms with Crippen molar-refractivity contribution in [3.05, 3.63) is 40.5 Å². The molecule has 1 aromatic carbocycles. The predicted octanol–water partition coefficient (Wildman–Crippen LogP) is 1.91. The molecule has 3 amide bonds. The maximum absolute atomic E-state index is 13.9. The van der Waals surface area contributed by atoms with E-state index in [1.54, 1.807) is 0 Å². The number of urea groups is 1. The summed E-state index contributed by atoms with van der Waals surface area (Å²) in [6.07, 6.45) is 0.367. The molecular formula is C16H18F2N4O4S. The SMILES string of the molecule is Cc1cc(F)c(COc2nsc(NC(=O)NCCCO)c2C(N)=O)cc1F. The Morgan fingerprint density at radius 2 is 2.07 bits per heavy atom. The van der Waals surface area contributed by atoms with Gasteiger partial charge in [-0.15, -0.1) is 0 Å². The number of benzene rings is 1. The van der Waals surface area contributed by atoms with Gasteiger partial charge in [0.1, 0.15) is 28.8 Å². The van der Waals surface area contributed by atoms with Crippen molar-refractivity contribution in [2.45, 2.75) is 20.0 Å². The van der Waals surface area contributed by atoms with Crippen LogP contribution in [0.15, 0.2) is 12.1 Å². The third-order valence-electron chi connectivity index (χ3n) is 3.45. The van der Waals surface area contributed by atoms with Crippen LogP contribution in [0.25, 0.3) is 0 Å². The van der Waals surface area contributed by atoms with E-state index in [9.17, 15) is 18.4 Å². The van der Waals surface area contributed by atoms with Crippen LogP contribution in [0.1, 0.15) is 27.9 Å². The Hall–Kier alpha value is -2.79. The molecule has 0 aliphatic rings. The molecule has 0 unspecified atom stereocenters. The van der Waals surface area contributed by atoms with Crippen LogP contribution in [0.3, 0.4) is 0 Å². The summed E-state index contributed by atoms with van der Waals surface area (Å²) in [5.74, 6) is -2.35. The van der Waals surface area contributed by atoms with E-state index in [0.29, 0.717) is 6.42 Å². The van der Waals surface area contributed by atoms with E-state index in [0.717, 1.165) is 23.7 Å². The van der Waals surface area contributed by atoms with E-state index in [-0.39, 0.29) is 47.3 Å². The highest BCUT2D eigenvalue weighted by atomic mass is 32.1. The molecule has 11 heteroatoms. The lowest BCUT2D eigenvalue weighted by Crippen LogP contribution is -2.30. The van der Waals surface area contributed by atoms with Crippen LogP contribution < -0.4 is 21.1 Å². The highest BCUT2D eigenvalue weighted by Crippen LogP contribution is 2.31. The van der Waals surface area contributed by atoms with E-state index >= 15 is 0 Å². The van der Waals surface area contributed by atoms with Gasteiger partial charge >= 0.3 is 6.03 Å². The number of aliphatic hydroxyl groups is 1. The Kier molecular flexibility index (Phi) is 7.02. The predicted molar refractivity (Wildman–Crippen MR) is 94.8 cm³/mol. The van der Waals surface area contributed by atoms with Gasteiger partial charge in [-0.3, -0.25) is 10.1 Å². The fraction of sp³-hybridized carbons (Fsp3) is 0.312. The molecule has 2 aromatic rings. The number of nitrogens with one attached hydrogen (secondary N) is 2. The van der Waals surface area contributed by atoms with Crippen molar-refractivity contribution >= 4 is 28.5 Å². The van der Waals surface area contributed by atoms with Gasteiger partial charge < -0.3 is 20.9 Å². The van der Waals surface area contributed by atoms with Crippen molar-refractivity contribution < 1.29 is 28.2 Å². The number of ether oxygens (including phenoxy) is 1. The van der Waals surface area contributed by atoms with Crippen molar-refractivity contribution in [2.75, 3.05) is 18.5 Å². The average Bonchev–Trinajstić information content (AvgIpc) is 3.00. The fourth-order valence-electron chi connectivity index (χ4n) is 2.05. The van der Waals surface area contributed by atoms with Gasteiger partial charge in [-0.05, 0) is 42.6 Å². The van der Waals surface area contributed by atoms with Crippen LogP contribution in [0.2, 0.25) is 0 Å². The number of carbonyl (C=O) groups is 2. The monoisotopic (exact) mass is 400 g/mol. The number of aliphatic hydroxyl groups excluding tert-OH is 1. The second-order valence-electron chi connectivity index (χ2n) is 5.50. The van der Waals surface area contributed by atoms with Crippen LogP contribution in [-0.4, -0.2) is 34.6 Å². The van der Waals surface area contributed by atoms with Crippen LogP contribution in [0, 0.1) is 18.6 Å².